The van der Waals surface area contributed by atoms with E-state index in [2.05, 4.69) is 4.74 Å². The number of ether oxygens (including phenoxy) is 1. The van der Waals surface area contributed by atoms with Gasteiger partial charge in [-0.25, -0.2) is 4.79 Å². The van der Waals surface area contributed by atoms with Crippen LogP contribution in [0.2, 0.25) is 0 Å². The van der Waals surface area contributed by atoms with Gasteiger partial charge in [0.2, 0.25) is 0 Å². The van der Waals surface area contributed by atoms with Gasteiger partial charge in [0.15, 0.2) is 0 Å². The van der Waals surface area contributed by atoms with Crippen LogP contribution in [-0.4, -0.2) is 22.8 Å². The summed E-state index contributed by atoms with van der Waals surface area (Å²) in [5.74, 6) is -0.624. The number of carbonyl (C=O) groups excluding carboxylic acids is 1. The Morgan fingerprint density at radius 2 is 2.29 bits per heavy atom. The standard InChI is InChI=1S/C9H11NO4/c1-6(9(13)14-2)10-4-3-7(11)5-8(10)12/h3-6,11H,1-2H3. The number of aromatic nitrogens is 1. The van der Waals surface area contributed by atoms with Crippen LogP contribution in [0.4, 0.5) is 0 Å². The summed E-state index contributed by atoms with van der Waals surface area (Å²) in [5, 5.41) is 8.99. The van der Waals surface area contributed by atoms with Crippen molar-refractivity contribution in [1.82, 2.24) is 4.57 Å². The number of methoxy groups -OCH3 is 1. The monoisotopic (exact) mass is 197 g/mol. The molecule has 0 aromatic carbocycles. The number of pyridine rings is 1. The number of esters is 1. The zero-order chi connectivity index (χ0) is 10.7. The first-order valence-corrected chi connectivity index (χ1v) is 4.05. The lowest BCUT2D eigenvalue weighted by molar-refractivity contribution is -0.144. The molecule has 14 heavy (non-hydrogen) atoms. The van der Waals surface area contributed by atoms with Gasteiger partial charge >= 0.3 is 5.97 Å². The summed E-state index contributed by atoms with van der Waals surface area (Å²) in [6.45, 7) is 1.55. The molecule has 5 heteroatoms. The van der Waals surface area contributed by atoms with Gasteiger partial charge in [0.25, 0.3) is 5.56 Å². The minimum absolute atomic E-state index is 0.122. The van der Waals surface area contributed by atoms with Crippen molar-refractivity contribution < 1.29 is 14.6 Å². The minimum Gasteiger partial charge on any atom is -0.508 e. The zero-order valence-corrected chi connectivity index (χ0v) is 7.93. The van der Waals surface area contributed by atoms with E-state index < -0.39 is 17.6 Å². The third-order valence-electron chi connectivity index (χ3n) is 1.89. The maximum atomic E-state index is 11.3. The molecule has 0 aliphatic rings. The molecule has 1 rings (SSSR count). The van der Waals surface area contributed by atoms with Crippen molar-refractivity contribution in [3.63, 3.8) is 0 Å². The molecule has 5 nitrogen and oxygen atoms in total. The Hall–Kier alpha value is -1.78. The molecule has 0 amide bonds. The molecule has 0 saturated carbocycles. The zero-order valence-electron chi connectivity index (χ0n) is 7.93. The van der Waals surface area contributed by atoms with E-state index in [1.54, 1.807) is 6.92 Å². The highest BCUT2D eigenvalue weighted by atomic mass is 16.5. The van der Waals surface area contributed by atoms with Crippen LogP contribution in [-0.2, 0) is 9.53 Å². The second kappa shape index (κ2) is 3.95. The SMILES string of the molecule is COC(=O)C(C)n1ccc(O)cc1=O. The van der Waals surface area contributed by atoms with E-state index in [9.17, 15) is 9.59 Å². The van der Waals surface area contributed by atoms with Gasteiger partial charge in [0.05, 0.1) is 7.11 Å². The topological polar surface area (TPSA) is 68.5 Å². The van der Waals surface area contributed by atoms with Crippen molar-refractivity contribution in [2.24, 2.45) is 0 Å². The molecule has 0 spiro atoms. The van der Waals surface area contributed by atoms with Gasteiger partial charge in [-0.1, -0.05) is 0 Å². The lowest BCUT2D eigenvalue weighted by atomic mass is 10.3. The van der Waals surface area contributed by atoms with Gasteiger partial charge in [-0.05, 0) is 13.0 Å². The molecule has 1 atom stereocenters. The molecule has 76 valence electrons. The second-order valence-corrected chi connectivity index (χ2v) is 2.83. The van der Waals surface area contributed by atoms with Gasteiger partial charge in [0, 0.05) is 12.3 Å². The Balaban J connectivity index is 3.08. The number of hydrogen-bond acceptors (Lipinski definition) is 4. The third-order valence-corrected chi connectivity index (χ3v) is 1.89. The van der Waals surface area contributed by atoms with Crippen molar-refractivity contribution >= 4 is 5.97 Å². The summed E-state index contributed by atoms with van der Waals surface area (Å²) in [7, 11) is 1.25. The largest absolute Gasteiger partial charge is 0.508 e. The number of aromatic hydroxyl groups is 1. The van der Waals surface area contributed by atoms with Gasteiger partial charge in [0.1, 0.15) is 11.8 Å². The smallest absolute Gasteiger partial charge is 0.328 e. The molecular weight excluding hydrogens is 186 g/mol. The average Bonchev–Trinajstić information content (AvgIpc) is 2.15. The van der Waals surface area contributed by atoms with Crippen LogP contribution < -0.4 is 5.56 Å². The fourth-order valence-electron chi connectivity index (χ4n) is 1.08. The number of rotatable bonds is 2. The lowest BCUT2D eigenvalue weighted by Crippen LogP contribution is -2.27. The Morgan fingerprint density at radius 3 is 2.79 bits per heavy atom. The van der Waals surface area contributed by atoms with Crippen molar-refractivity contribution in [3.05, 3.63) is 28.7 Å². The molecule has 1 unspecified atom stereocenters. The first-order chi connectivity index (χ1) is 6.56. The molecule has 0 aliphatic carbocycles. The van der Waals surface area contributed by atoms with E-state index in [1.807, 2.05) is 0 Å². The van der Waals surface area contributed by atoms with Gasteiger partial charge in [-0.15, -0.1) is 0 Å². The summed E-state index contributed by atoms with van der Waals surface area (Å²) in [4.78, 5) is 22.4. The predicted molar refractivity (Wildman–Crippen MR) is 49.1 cm³/mol. The highest BCUT2D eigenvalue weighted by molar-refractivity contribution is 5.73. The van der Waals surface area contributed by atoms with E-state index in [1.165, 1.54) is 23.9 Å². The van der Waals surface area contributed by atoms with Gasteiger partial charge in [-0.2, -0.15) is 0 Å². The third kappa shape index (κ3) is 1.93. The first-order valence-electron chi connectivity index (χ1n) is 4.05. The van der Waals surface area contributed by atoms with Crippen molar-refractivity contribution in [1.29, 1.82) is 0 Å². The van der Waals surface area contributed by atoms with E-state index in [0.29, 0.717) is 0 Å². The van der Waals surface area contributed by atoms with Crippen LogP contribution in [0.3, 0.4) is 0 Å². The molecule has 1 aromatic rings. The van der Waals surface area contributed by atoms with Gasteiger partial charge < -0.3 is 14.4 Å². The minimum atomic E-state index is -0.687. The van der Waals surface area contributed by atoms with Crippen molar-refractivity contribution in [3.8, 4) is 5.75 Å². The molecule has 0 aliphatic heterocycles. The summed E-state index contributed by atoms with van der Waals surface area (Å²) in [6.07, 6.45) is 1.35. The summed E-state index contributed by atoms with van der Waals surface area (Å²) >= 11 is 0. The Bertz CT molecular complexity index is 396. The maximum Gasteiger partial charge on any atom is 0.328 e. The van der Waals surface area contributed by atoms with E-state index in [0.717, 1.165) is 6.07 Å². The highest BCUT2D eigenvalue weighted by Gasteiger charge is 2.15. The van der Waals surface area contributed by atoms with Gasteiger partial charge in [-0.3, -0.25) is 4.79 Å². The van der Waals surface area contributed by atoms with Crippen molar-refractivity contribution in [2.45, 2.75) is 13.0 Å². The molecule has 0 fully saturated rings. The number of carbonyl (C=O) groups is 1. The lowest BCUT2D eigenvalue weighted by Gasteiger charge is -2.11. The molecule has 0 bridgehead atoms. The van der Waals surface area contributed by atoms with Crippen LogP contribution >= 0.6 is 0 Å². The quantitative estimate of drug-likeness (QED) is 0.692. The first kappa shape index (κ1) is 10.3. The molecular formula is C9H11NO4. The van der Waals surface area contributed by atoms with Crippen LogP contribution in [0.25, 0.3) is 0 Å². The summed E-state index contributed by atoms with van der Waals surface area (Å²) < 4.78 is 5.68. The summed E-state index contributed by atoms with van der Waals surface area (Å²) in [6, 6.07) is 1.69. The van der Waals surface area contributed by atoms with Crippen LogP contribution in [0.15, 0.2) is 23.1 Å². The van der Waals surface area contributed by atoms with E-state index in [-0.39, 0.29) is 5.75 Å². The predicted octanol–water partition coefficient (Wildman–Crippen LogP) is 0.288. The Labute approximate surface area is 80.6 Å². The second-order valence-electron chi connectivity index (χ2n) is 2.83. The number of nitrogens with zero attached hydrogens (tertiary/aromatic N) is 1. The molecule has 1 aromatic heterocycles. The average molecular weight is 197 g/mol. The van der Waals surface area contributed by atoms with Crippen LogP contribution in [0.1, 0.15) is 13.0 Å². The molecule has 1 N–H and O–H groups in total. The van der Waals surface area contributed by atoms with E-state index in [4.69, 9.17) is 5.11 Å². The maximum absolute atomic E-state index is 11.3. The fourth-order valence-corrected chi connectivity index (χ4v) is 1.08. The van der Waals surface area contributed by atoms with Crippen LogP contribution in [0, 0.1) is 0 Å². The summed E-state index contributed by atoms with van der Waals surface area (Å²) in [5.41, 5.74) is -0.442. The highest BCUT2D eigenvalue weighted by Crippen LogP contribution is 2.07. The number of hydrogen-bond donors (Lipinski definition) is 1. The fraction of sp³-hybridized carbons (Fsp3) is 0.333. The van der Waals surface area contributed by atoms with Crippen molar-refractivity contribution in [2.75, 3.05) is 7.11 Å². The Kier molecular flexibility index (Phi) is 2.91. The molecule has 0 radical (unpaired) electrons. The Morgan fingerprint density at radius 1 is 1.64 bits per heavy atom. The van der Waals surface area contributed by atoms with Crippen LogP contribution in [0.5, 0.6) is 5.75 Å². The molecule has 1 heterocycles. The van der Waals surface area contributed by atoms with E-state index >= 15 is 0 Å². The molecule has 0 saturated heterocycles. The normalized spacial score (nSPS) is 12.1.